The van der Waals surface area contributed by atoms with E-state index in [1.807, 2.05) is 30.3 Å². The molecule has 5 heteroatoms. The second-order valence-corrected chi connectivity index (χ2v) is 5.85. The molecule has 1 unspecified atom stereocenters. The summed E-state index contributed by atoms with van der Waals surface area (Å²) in [5, 5.41) is 12.1. The molecule has 2 aromatic rings. The number of amides is 1. The minimum absolute atomic E-state index is 0.194. The summed E-state index contributed by atoms with van der Waals surface area (Å²) in [6.07, 6.45) is -0.0271. The molecule has 0 bridgehead atoms. The second kappa shape index (κ2) is 7.64. The molecule has 24 heavy (non-hydrogen) atoms. The molecule has 2 aromatic carbocycles. The normalized spacial score (nSPS) is 12.9. The fourth-order valence-corrected chi connectivity index (χ4v) is 2.62. The summed E-state index contributed by atoms with van der Waals surface area (Å²) >= 11 is 0. The molecule has 0 heterocycles. The van der Waals surface area contributed by atoms with Gasteiger partial charge in [0.2, 0.25) is 5.91 Å². The van der Waals surface area contributed by atoms with E-state index in [1.165, 1.54) is 0 Å². The first-order valence-electron chi connectivity index (χ1n) is 7.64. The van der Waals surface area contributed by atoms with Crippen molar-refractivity contribution in [1.29, 1.82) is 0 Å². The van der Waals surface area contributed by atoms with Gasteiger partial charge in [0.1, 0.15) is 5.75 Å². The molecule has 0 saturated carbocycles. The van der Waals surface area contributed by atoms with Crippen LogP contribution in [-0.4, -0.2) is 24.1 Å². The van der Waals surface area contributed by atoms with Crippen LogP contribution in [0.5, 0.6) is 5.75 Å². The predicted molar refractivity (Wildman–Crippen MR) is 90.9 cm³/mol. The zero-order valence-electron chi connectivity index (χ0n) is 13.8. The van der Waals surface area contributed by atoms with Gasteiger partial charge in [0.05, 0.1) is 25.5 Å². The highest BCUT2D eigenvalue weighted by molar-refractivity contribution is 5.80. The van der Waals surface area contributed by atoms with Crippen molar-refractivity contribution in [3.8, 4) is 5.75 Å². The Balaban J connectivity index is 2.23. The van der Waals surface area contributed by atoms with Gasteiger partial charge in [-0.1, -0.05) is 42.5 Å². The first-order valence-corrected chi connectivity index (χ1v) is 7.64. The maximum absolute atomic E-state index is 12.4. The van der Waals surface area contributed by atoms with E-state index in [1.54, 1.807) is 38.3 Å². The minimum Gasteiger partial charge on any atom is -0.497 e. The van der Waals surface area contributed by atoms with Gasteiger partial charge >= 0.3 is 5.97 Å². The number of hydrogen-bond acceptors (Lipinski definition) is 3. The lowest BCUT2D eigenvalue weighted by Crippen LogP contribution is -2.45. The number of carboxylic acids is 1. The van der Waals surface area contributed by atoms with E-state index in [2.05, 4.69) is 5.32 Å². The molecular formula is C19H21NO4. The van der Waals surface area contributed by atoms with Gasteiger partial charge in [0, 0.05) is 0 Å². The summed E-state index contributed by atoms with van der Waals surface area (Å²) in [5.74, 6) is -0.602. The van der Waals surface area contributed by atoms with Gasteiger partial charge in [-0.25, -0.2) is 0 Å². The Hall–Kier alpha value is -2.82. The number of carbonyl (C=O) groups is 2. The van der Waals surface area contributed by atoms with Gasteiger partial charge in [-0.05, 0) is 30.2 Å². The van der Waals surface area contributed by atoms with Crippen LogP contribution in [0.15, 0.2) is 54.6 Å². The molecule has 0 aromatic heterocycles. The highest BCUT2D eigenvalue weighted by atomic mass is 16.5. The lowest BCUT2D eigenvalue weighted by Gasteiger charge is -2.30. The average Bonchev–Trinajstić information content (AvgIpc) is 2.55. The minimum atomic E-state index is -1.02. The van der Waals surface area contributed by atoms with Crippen LogP contribution in [-0.2, 0) is 21.5 Å². The van der Waals surface area contributed by atoms with E-state index in [0.29, 0.717) is 11.3 Å². The quantitative estimate of drug-likeness (QED) is 0.820. The molecule has 2 N–H and O–H groups in total. The number of carboxylic acid groups (broad SMARTS) is 1. The Morgan fingerprint density at radius 1 is 1.12 bits per heavy atom. The highest BCUT2D eigenvalue weighted by Gasteiger charge is 2.31. The molecule has 0 aliphatic heterocycles. The van der Waals surface area contributed by atoms with Crippen molar-refractivity contribution in [2.75, 3.05) is 7.11 Å². The van der Waals surface area contributed by atoms with Crippen molar-refractivity contribution in [2.24, 2.45) is 0 Å². The number of benzene rings is 2. The largest absolute Gasteiger partial charge is 0.497 e. The first-order chi connectivity index (χ1) is 11.4. The van der Waals surface area contributed by atoms with Crippen LogP contribution in [0, 0.1) is 0 Å². The molecular weight excluding hydrogens is 306 g/mol. The number of rotatable bonds is 7. The lowest BCUT2D eigenvalue weighted by atomic mass is 9.88. The topological polar surface area (TPSA) is 75.6 Å². The Morgan fingerprint density at radius 3 is 2.46 bits per heavy atom. The zero-order chi connectivity index (χ0) is 17.6. The van der Waals surface area contributed by atoms with E-state index in [9.17, 15) is 14.7 Å². The van der Waals surface area contributed by atoms with E-state index in [-0.39, 0.29) is 18.7 Å². The molecule has 0 aliphatic carbocycles. The van der Waals surface area contributed by atoms with Gasteiger partial charge in [-0.2, -0.15) is 0 Å². The molecule has 126 valence electrons. The van der Waals surface area contributed by atoms with Crippen molar-refractivity contribution in [3.63, 3.8) is 0 Å². The number of methoxy groups -OCH3 is 1. The third kappa shape index (κ3) is 4.59. The summed E-state index contributed by atoms with van der Waals surface area (Å²) in [6, 6.07) is 16.4. The van der Waals surface area contributed by atoms with Crippen molar-refractivity contribution in [2.45, 2.75) is 25.3 Å². The maximum Gasteiger partial charge on any atom is 0.306 e. The van der Waals surface area contributed by atoms with Crippen molar-refractivity contribution in [3.05, 3.63) is 65.7 Å². The standard InChI is InChI=1S/C19H21NO4/c1-19(13-18(22)23,15-9-6-10-16(12-15)24-2)20-17(21)11-14-7-4-3-5-8-14/h3-10,12H,11,13H2,1-2H3,(H,20,21)(H,22,23). The molecule has 0 aliphatic rings. The maximum atomic E-state index is 12.4. The van der Waals surface area contributed by atoms with E-state index < -0.39 is 11.5 Å². The summed E-state index contributed by atoms with van der Waals surface area (Å²) < 4.78 is 5.20. The molecule has 0 saturated heterocycles. The monoisotopic (exact) mass is 327 g/mol. The number of nitrogens with one attached hydrogen (secondary N) is 1. The van der Waals surface area contributed by atoms with Gasteiger partial charge in [0.15, 0.2) is 0 Å². The van der Waals surface area contributed by atoms with Crippen molar-refractivity contribution < 1.29 is 19.4 Å². The van der Waals surface area contributed by atoms with Crippen LogP contribution in [0.3, 0.4) is 0 Å². The van der Waals surface area contributed by atoms with Gasteiger partial charge in [-0.15, -0.1) is 0 Å². The molecule has 2 rings (SSSR count). The Morgan fingerprint density at radius 2 is 1.83 bits per heavy atom. The zero-order valence-corrected chi connectivity index (χ0v) is 13.8. The van der Waals surface area contributed by atoms with Gasteiger partial charge in [0.25, 0.3) is 0 Å². The third-order valence-electron chi connectivity index (χ3n) is 3.83. The van der Waals surface area contributed by atoms with Crippen LogP contribution in [0.1, 0.15) is 24.5 Å². The number of carbonyl (C=O) groups excluding carboxylic acids is 1. The molecule has 0 radical (unpaired) electrons. The molecule has 1 amide bonds. The summed E-state index contributed by atoms with van der Waals surface area (Å²) in [7, 11) is 1.54. The van der Waals surface area contributed by atoms with E-state index >= 15 is 0 Å². The summed E-state index contributed by atoms with van der Waals surface area (Å²) in [5.41, 5.74) is 0.538. The summed E-state index contributed by atoms with van der Waals surface area (Å²) in [4.78, 5) is 23.7. The van der Waals surface area contributed by atoms with E-state index in [4.69, 9.17) is 4.74 Å². The van der Waals surface area contributed by atoms with Gasteiger partial charge in [-0.3, -0.25) is 9.59 Å². The first kappa shape index (κ1) is 17.5. The Bertz CT molecular complexity index is 714. The number of hydrogen-bond donors (Lipinski definition) is 2. The van der Waals surface area contributed by atoms with Gasteiger partial charge < -0.3 is 15.2 Å². The predicted octanol–water partition coefficient (Wildman–Crippen LogP) is 2.74. The molecule has 0 spiro atoms. The highest BCUT2D eigenvalue weighted by Crippen LogP contribution is 2.28. The second-order valence-electron chi connectivity index (χ2n) is 5.85. The van der Waals surface area contributed by atoms with Crippen LogP contribution in [0.4, 0.5) is 0 Å². The van der Waals surface area contributed by atoms with Crippen molar-refractivity contribution >= 4 is 11.9 Å². The molecule has 1 atom stereocenters. The fourth-order valence-electron chi connectivity index (χ4n) is 2.62. The van der Waals surface area contributed by atoms with E-state index in [0.717, 1.165) is 5.56 Å². The smallest absolute Gasteiger partial charge is 0.306 e. The SMILES string of the molecule is COc1cccc(C(C)(CC(=O)O)NC(=O)Cc2ccccc2)c1. The van der Waals surface area contributed by atoms with Crippen molar-refractivity contribution in [1.82, 2.24) is 5.32 Å². The number of aliphatic carboxylic acids is 1. The Labute approximate surface area is 141 Å². The van der Waals surface area contributed by atoms with Crippen LogP contribution >= 0.6 is 0 Å². The molecule has 5 nitrogen and oxygen atoms in total. The van der Waals surface area contributed by atoms with Crippen LogP contribution < -0.4 is 10.1 Å². The average molecular weight is 327 g/mol. The third-order valence-corrected chi connectivity index (χ3v) is 3.83. The number of ether oxygens (including phenoxy) is 1. The summed E-state index contributed by atoms with van der Waals surface area (Å²) in [6.45, 7) is 1.71. The lowest BCUT2D eigenvalue weighted by molar-refractivity contribution is -0.139. The Kier molecular flexibility index (Phi) is 5.58. The van der Waals surface area contributed by atoms with Crippen LogP contribution in [0.25, 0.3) is 0 Å². The fraction of sp³-hybridized carbons (Fsp3) is 0.263. The molecule has 0 fully saturated rings. The van der Waals surface area contributed by atoms with Crippen LogP contribution in [0.2, 0.25) is 0 Å².